The lowest BCUT2D eigenvalue weighted by molar-refractivity contribution is -0.192. The fourth-order valence-corrected chi connectivity index (χ4v) is 3.68. The van der Waals surface area contributed by atoms with E-state index in [4.69, 9.17) is 4.74 Å². The lowest BCUT2D eigenvalue weighted by Gasteiger charge is -2.55. The van der Waals surface area contributed by atoms with Crippen molar-refractivity contribution in [2.24, 2.45) is 0 Å². The lowest BCUT2D eigenvalue weighted by Crippen LogP contribution is -2.80. The molecule has 2 aliphatic heterocycles. The number of ether oxygens (including phenoxy) is 1. The number of carboxylic acid groups (broad SMARTS) is 1. The van der Waals surface area contributed by atoms with Gasteiger partial charge in [-0.1, -0.05) is 0 Å². The molecular weight excluding hydrogens is 272 g/mol. The second-order valence-corrected chi connectivity index (χ2v) is 5.46. The summed E-state index contributed by atoms with van der Waals surface area (Å²) in [4.78, 5) is 35.8. The average molecular weight is 286 g/mol. The van der Waals surface area contributed by atoms with Gasteiger partial charge < -0.3 is 15.2 Å². The molecule has 2 atom stereocenters. The molecule has 0 bridgehead atoms. The minimum absolute atomic E-state index is 0.0215. The molecule has 1 saturated heterocycles. The molecule has 0 spiro atoms. The van der Waals surface area contributed by atoms with Gasteiger partial charge in [0.2, 0.25) is 5.91 Å². The zero-order chi connectivity index (χ0) is 14.4. The Morgan fingerprint density at radius 1 is 1.58 bits per heavy atom. The third-order valence-electron chi connectivity index (χ3n) is 3.11. The normalized spacial score (nSPS) is 29.7. The first-order chi connectivity index (χ1) is 8.85. The van der Waals surface area contributed by atoms with Gasteiger partial charge in [0.25, 0.3) is 11.6 Å². The molecule has 0 aromatic rings. The zero-order valence-electron chi connectivity index (χ0n) is 10.7. The Hall–Kier alpha value is -1.54. The summed E-state index contributed by atoms with van der Waals surface area (Å²) in [5.74, 6) is -1.64. The van der Waals surface area contributed by atoms with E-state index in [0.29, 0.717) is 11.3 Å². The molecule has 0 aromatic carbocycles. The molecule has 0 aromatic heterocycles. The van der Waals surface area contributed by atoms with E-state index in [1.54, 1.807) is 6.92 Å². The summed E-state index contributed by atoms with van der Waals surface area (Å²) < 4.78 is 5.17. The van der Waals surface area contributed by atoms with E-state index >= 15 is 0 Å². The number of hydrogen-bond acceptors (Lipinski definition) is 5. The number of nitrogens with one attached hydrogen (secondary N) is 1. The third-order valence-corrected chi connectivity index (χ3v) is 4.57. The van der Waals surface area contributed by atoms with Crippen LogP contribution in [0, 0.1) is 0 Å². The number of hydrogen-bond donors (Lipinski definition) is 2. The largest absolute Gasteiger partial charge is 0.477 e. The van der Waals surface area contributed by atoms with Gasteiger partial charge in [-0.3, -0.25) is 14.5 Å². The van der Waals surface area contributed by atoms with Crippen molar-refractivity contribution in [1.29, 1.82) is 0 Å². The summed E-state index contributed by atoms with van der Waals surface area (Å²) >= 11 is 1.36. The Morgan fingerprint density at radius 2 is 2.21 bits per heavy atom. The highest BCUT2D eigenvalue weighted by Crippen LogP contribution is 2.46. The average Bonchev–Trinajstić information content (AvgIpc) is 2.34. The number of carboxylic acids is 1. The van der Waals surface area contributed by atoms with Crippen molar-refractivity contribution in [3.8, 4) is 0 Å². The highest BCUT2D eigenvalue weighted by atomic mass is 32.2. The van der Waals surface area contributed by atoms with Crippen molar-refractivity contribution in [1.82, 2.24) is 10.2 Å². The highest BCUT2D eigenvalue weighted by Gasteiger charge is 2.66. The Morgan fingerprint density at radius 3 is 2.68 bits per heavy atom. The number of fused-ring (bicyclic) bond motifs is 1. The van der Waals surface area contributed by atoms with Gasteiger partial charge in [0.1, 0.15) is 11.1 Å². The van der Waals surface area contributed by atoms with E-state index in [1.165, 1.54) is 30.7 Å². The van der Waals surface area contributed by atoms with Gasteiger partial charge in [0.05, 0.1) is 0 Å². The number of carbonyl (C=O) groups is 3. The van der Waals surface area contributed by atoms with Crippen LogP contribution in [0.4, 0.5) is 0 Å². The van der Waals surface area contributed by atoms with Crippen LogP contribution in [0.1, 0.15) is 13.8 Å². The topological polar surface area (TPSA) is 95.9 Å². The number of β-lactam (4-membered cyclic amide) rings is 1. The van der Waals surface area contributed by atoms with Crippen LogP contribution in [0.5, 0.6) is 0 Å². The lowest BCUT2D eigenvalue weighted by atomic mass is 9.98. The maximum Gasteiger partial charge on any atom is 0.352 e. The van der Waals surface area contributed by atoms with Gasteiger partial charge in [-0.15, -0.1) is 11.8 Å². The number of rotatable bonds is 3. The van der Waals surface area contributed by atoms with Gasteiger partial charge in [-0.25, -0.2) is 4.79 Å². The Bertz CT molecular complexity index is 503. The van der Waals surface area contributed by atoms with Gasteiger partial charge in [0, 0.05) is 19.8 Å². The van der Waals surface area contributed by atoms with Crippen molar-refractivity contribution in [2.45, 2.75) is 24.9 Å². The third kappa shape index (κ3) is 1.82. The number of methoxy groups -OCH3 is 1. The summed E-state index contributed by atoms with van der Waals surface area (Å²) in [6, 6.07) is 0. The van der Waals surface area contributed by atoms with E-state index in [0.717, 1.165) is 0 Å². The quantitative estimate of drug-likeness (QED) is 0.548. The first kappa shape index (κ1) is 13.9. The standard InChI is InChI=1S/C11H14N2O5S/c1-5-4-19-10-11(18-3,12-6(2)14)9(17)13(10)7(5)8(15)16/h10H,4H2,1-3H3,(H,12,14)(H,15,16)/t10-,11+/m0/s1. The van der Waals surface area contributed by atoms with E-state index in [1.807, 2.05) is 0 Å². The number of amides is 2. The molecule has 2 amide bonds. The fraction of sp³-hybridized carbons (Fsp3) is 0.545. The SMILES string of the molecule is CO[C@]1(NC(C)=O)C(=O)N2C(C(=O)O)=C(C)CS[C@H]21. The number of nitrogens with zero attached hydrogens (tertiary/aromatic N) is 1. The van der Waals surface area contributed by atoms with Crippen LogP contribution in [-0.2, 0) is 19.1 Å². The van der Waals surface area contributed by atoms with Crippen molar-refractivity contribution < 1.29 is 24.2 Å². The first-order valence-electron chi connectivity index (χ1n) is 5.57. The Balaban J connectivity index is 2.38. The minimum Gasteiger partial charge on any atom is -0.477 e. The van der Waals surface area contributed by atoms with Gasteiger partial charge in [0.15, 0.2) is 0 Å². The van der Waals surface area contributed by atoms with Crippen LogP contribution in [0.15, 0.2) is 11.3 Å². The molecule has 2 rings (SSSR count). The van der Waals surface area contributed by atoms with E-state index < -0.39 is 28.9 Å². The van der Waals surface area contributed by atoms with Gasteiger partial charge in [-0.2, -0.15) is 0 Å². The summed E-state index contributed by atoms with van der Waals surface area (Å²) in [6.45, 7) is 2.95. The minimum atomic E-state index is -1.46. The maximum absolute atomic E-state index is 12.2. The highest BCUT2D eigenvalue weighted by molar-refractivity contribution is 8.00. The number of carbonyl (C=O) groups excluding carboxylic acids is 2. The van der Waals surface area contributed by atoms with Crippen LogP contribution in [0.25, 0.3) is 0 Å². The molecule has 19 heavy (non-hydrogen) atoms. The molecule has 1 fully saturated rings. The molecule has 0 radical (unpaired) electrons. The van der Waals surface area contributed by atoms with E-state index in [-0.39, 0.29) is 5.70 Å². The molecule has 0 unspecified atom stereocenters. The van der Waals surface area contributed by atoms with Gasteiger partial charge >= 0.3 is 5.97 Å². The van der Waals surface area contributed by atoms with E-state index in [9.17, 15) is 19.5 Å². The van der Waals surface area contributed by atoms with Crippen molar-refractivity contribution in [2.75, 3.05) is 12.9 Å². The van der Waals surface area contributed by atoms with Crippen molar-refractivity contribution in [3.05, 3.63) is 11.3 Å². The van der Waals surface area contributed by atoms with Crippen molar-refractivity contribution in [3.63, 3.8) is 0 Å². The molecule has 2 N–H and O–H groups in total. The van der Waals surface area contributed by atoms with Crippen LogP contribution >= 0.6 is 11.8 Å². The molecule has 8 heteroatoms. The molecule has 2 aliphatic rings. The van der Waals surface area contributed by atoms with Crippen LogP contribution < -0.4 is 5.32 Å². The summed E-state index contributed by atoms with van der Waals surface area (Å²) in [7, 11) is 1.32. The van der Waals surface area contributed by atoms with E-state index in [2.05, 4.69) is 5.32 Å². The summed E-state index contributed by atoms with van der Waals surface area (Å²) in [5, 5.41) is 11.1. The predicted octanol–water partition coefficient (Wildman–Crippen LogP) is -0.261. The predicted molar refractivity (Wildman–Crippen MR) is 67.0 cm³/mol. The van der Waals surface area contributed by atoms with Crippen molar-refractivity contribution >= 4 is 29.5 Å². The second kappa shape index (κ2) is 4.53. The Kier molecular flexibility index (Phi) is 3.31. The smallest absolute Gasteiger partial charge is 0.352 e. The van der Waals surface area contributed by atoms with Crippen LogP contribution in [0.3, 0.4) is 0 Å². The van der Waals surface area contributed by atoms with Gasteiger partial charge in [-0.05, 0) is 12.5 Å². The molecular formula is C11H14N2O5S. The summed E-state index contributed by atoms with van der Waals surface area (Å²) in [6.07, 6.45) is 0. The van der Waals surface area contributed by atoms with Crippen LogP contribution in [-0.4, -0.2) is 51.8 Å². The molecule has 0 aliphatic carbocycles. The maximum atomic E-state index is 12.2. The molecule has 104 valence electrons. The molecule has 7 nitrogen and oxygen atoms in total. The molecule has 2 heterocycles. The van der Waals surface area contributed by atoms with Crippen LogP contribution in [0.2, 0.25) is 0 Å². The number of thioether (sulfide) groups is 1. The first-order valence-corrected chi connectivity index (χ1v) is 6.62. The summed E-state index contributed by atoms with van der Waals surface area (Å²) in [5.41, 5.74) is -0.862. The monoisotopic (exact) mass is 286 g/mol. The zero-order valence-corrected chi connectivity index (χ0v) is 11.5. The number of aliphatic carboxylic acids is 1. The Labute approximate surface area is 114 Å². The second-order valence-electron chi connectivity index (χ2n) is 4.39. The fourth-order valence-electron chi connectivity index (χ4n) is 2.30. The molecule has 0 saturated carbocycles.